The van der Waals surface area contributed by atoms with Crippen LogP contribution in [0.5, 0.6) is 5.75 Å². The molecule has 1 aliphatic heterocycles. The number of amides is 1. The molecular formula is C18H14N2O4S. The molecular weight excluding hydrogens is 340 g/mol. The van der Waals surface area contributed by atoms with E-state index in [0.29, 0.717) is 15.8 Å². The number of rotatable bonds is 4. The molecule has 2 N–H and O–H groups in total. The number of carboxylic acid groups (broad SMARTS) is 1. The molecule has 2 aromatic rings. The Labute approximate surface area is 148 Å². The molecule has 126 valence electrons. The third-order valence-corrected chi connectivity index (χ3v) is 4.33. The molecule has 0 bridgehead atoms. The van der Waals surface area contributed by atoms with Gasteiger partial charge in [-0.1, -0.05) is 24.3 Å². The van der Waals surface area contributed by atoms with Crippen molar-refractivity contribution in [3.63, 3.8) is 0 Å². The second-order valence-corrected chi connectivity index (χ2v) is 6.11. The SMILES string of the molecule is COc1ccc(C=C2SC(=Nc3ccccc3C(=O)O)NC2=O)cc1. The first-order valence-corrected chi connectivity index (χ1v) is 8.14. The highest BCUT2D eigenvalue weighted by molar-refractivity contribution is 8.18. The van der Waals surface area contributed by atoms with Gasteiger partial charge in [0.2, 0.25) is 0 Å². The van der Waals surface area contributed by atoms with Gasteiger partial charge in [0.05, 0.1) is 23.3 Å². The minimum Gasteiger partial charge on any atom is -0.497 e. The summed E-state index contributed by atoms with van der Waals surface area (Å²) in [5.74, 6) is -0.603. The molecule has 25 heavy (non-hydrogen) atoms. The Bertz CT molecular complexity index is 888. The van der Waals surface area contributed by atoms with Crippen molar-refractivity contribution in [3.8, 4) is 5.75 Å². The highest BCUT2D eigenvalue weighted by atomic mass is 32.2. The van der Waals surface area contributed by atoms with Gasteiger partial charge in [0.15, 0.2) is 5.17 Å². The molecule has 0 aromatic heterocycles. The Balaban J connectivity index is 1.85. The molecule has 0 radical (unpaired) electrons. The number of carboxylic acids is 1. The zero-order valence-electron chi connectivity index (χ0n) is 13.2. The van der Waals surface area contributed by atoms with Crippen LogP contribution in [0.15, 0.2) is 58.4 Å². The molecule has 0 aliphatic carbocycles. The number of amidine groups is 1. The first-order valence-electron chi connectivity index (χ1n) is 7.33. The summed E-state index contributed by atoms with van der Waals surface area (Å²) in [6.45, 7) is 0. The van der Waals surface area contributed by atoms with Crippen LogP contribution in [0.2, 0.25) is 0 Å². The van der Waals surface area contributed by atoms with Crippen molar-refractivity contribution in [2.45, 2.75) is 0 Å². The third kappa shape index (κ3) is 3.89. The van der Waals surface area contributed by atoms with Gasteiger partial charge in [-0.15, -0.1) is 0 Å². The summed E-state index contributed by atoms with van der Waals surface area (Å²) in [5, 5.41) is 12.2. The first-order chi connectivity index (χ1) is 12.1. The second kappa shape index (κ2) is 7.23. The van der Waals surface area contributed by atoms with Crippen LogP contribution in [0.1, 0.15) is 15.9 Å². The van der Waals surface area contributed by atoms with E-state index in [1.54, 1.807) is 31.4 Å². The third-order valence-electron chi connectivity index (χ3n) is 3.42. The van der Waals surface area contributed by atoms with Crippen LogP contribution in [0, 0.1) is 0 Å². The average Bonchev–Trinajstić information content (AvgIpc) is 2.95. The molecule has 1 saturated heterocycles. The van der Waals surface area contributed by atoms with Crippen molar-refractivity contribution in [2.24, 2.45) is 4.99 Å². The fraction of sp³-hybridized carbons (Fsp3) is 0.0556. The number of carbonyl (C=O) groups excluding carboxylic acids is 1. The number of hydrogen-bond acceptors (Lipinski definition) is 5. The van der Waals surface area contributed by atoms with E-state index in [0.717, 1.165) is 11.3 Å². The Morgan fingerprint density at radius 2 is 1.92 bits per heavy atom. The lowest BCUT2D eigenvalue weighted by molar-refractivity contribution is -0.115. The summed E-state index contributed by atoms with van der Waals surface area (Å²) >= 11 is 1.17. The molecule has 2 aromatic carbocycles. The lowest BCUT2D eigenvalue weighted by Crippen LogP contribution is -2.19. The van der Waals surface area contributed by atoms with Crippen LogP contribution < -0.4 is 10.1 Å². The van der Waals surface area contributed by atoms with E-state index in [-0.39, 0.29) is 11.5 Å². The summed E-state index contributed by atoms with van der Waals surface area (Å²) in [7, 11) is 1.59. The minimum atomic E-state index is -1.07. The Hall–Kier alpha value is -3.06. The van der Waals surface area contributed by atoms with Gasteiger partial charge >= 0.3 is 5.97 Å². The van der Waals surface area contributed by atoms with Gasteiger partial charge in [-0.2, -0.15) is 0 Å². The topological polar surface area (TPSA) is 88.0 Å². The highest BCUT2D eigenvalue weighted by Crippen LogP contribution is 2.29. The Morgan fingerprint density at radius 1 is 1.20 bits per heavy atom. The van der Waals surface area contributed by atoms with Gasteiger partial charge in [0.1, 0.15) is 5.75 Å². The molecule has 1 aliphatic rings. The van der Waals surface area contributed by atoms with Crippen molar-refractivity contribution in [2.75, 3.05) is 7.11 Å². The van der Waals surface area contributed by atoms with Crippen LogP contribution in [-0.4, -0.2) is 29.3 Å². The summed E-state index contributed by atoms with van der Waals surface area (Å²) in [6.07, 6.45) is 1.74. The number of benzene rings is 2. The maximum Gasteiger partial charge on any atom is 0.337 e. The quantitative estimate of drug-likeness (QED) is 0.823. The zero-order chi connectivity index (χ0) is 17.8. The predicted molar refractivity (Wildman–Crippen MR) is 97.2 cm³/mol. The van der Waals surface area contributed by atoms with Crippen molar-refractivity contribution in [1.29, 1.82) is 0 Å². The van der Waals surface area contributed by atoms with Crippen molar-refractivity contribution >= 4 is 40.6 Å². The van der Waals surface area contributed by atoms with Crippen molar-refractivity contribution in [1.82, 2.24) is 5.32 Å². The highest BCUT2D eigenvalue weighted by Gasteiger charge is 2.24. The molecule has 0 atom stereocenters. The summed E-state index contributed by atoms with van der Waals surface area (Å²) < 4.78 is 5.10. The van der Waals surface area contributed by atoms with E-state index in [1.807, 2.05) is 24.3 Å². The van der Waals surface area contributed by atoms with Gasteiger partial charge < -0.3 is 15.2 Å². The second-order valence-electron chi connectivity index (χ2n) is 5.08. The van der Waals surface area contributed by atoms with Gasteiger partial charge in [-0.05, 0) is 47.7 Å². The summed E-state index contributed by atoms with van der Waals surface area (Å²) in [4.78, 5) is 28.1. The number of aromatic carboxylic acids is 1. The van der Waals surface area contributed by atoms with E-state index < -0.39 is 5.97 Å². The van der Waals surface area contributed by atoms with Crippen LogP contribution >= 0.6 is 11.8 Å². The van der Waals surface area contributed by atoms with E-state index in [1.165, 1.54) is 17.8 Å². The van der Waals surface area contributed by atoms with Crippen LogP contribution in [0.25, 0.3) is 6.08 Å². The molecule has 1 fully saturated rings. The van der Waals surface area contributed by atoms with Gasteiger partial charge in [0, 0.05) is 0 Å². The number of thioether (sulfide) groups is 1. The standard InChI is InChI=1S/C18H14N2O4S/c1-24-12-8-6-11(7-9-12)10-15-16(21)20-18(25-15)19-14-5-3-2-4-13(14)17(22)23/h2-10H,1H3,(H,22,23)(H,19,20,21). The molecule has 0 unspecified atom stereocenters. The molecule has 6 nitrogen and oxygen atoms in total. The number of ether oxygens (including phenoxy) is 1. The predicted octanol–water partition coefficient (Wildman–Crippen LogP) is 3.29. The molecule has 7 heteroatoms. The molecule has 1 heterocycles. The number of hydrogen-bond donors (Lipinski definition) is 2. The number of para-hydroxylation sites is 1. The number of nitrogens with zero attached hydrogens (tertiary/aromatic N) is 1. The maximum atomic E-state index is 12.1. The van der Waals surface area contributed by atoms with Crippen LogP contribution in [0.3, 0.4) is 0 Å². The monoisotopic (exact) mass is 354 g/mol. The molecule has 0 saturated carbocycles. The number of aliphatic imine (C=N–C) groups is 1. The van der Waals surface area contributed by atoms with E-state index in [9.17, 15) is 14.7 Å². The number of methoxy groups -OCH3 is 1. The fourth-order valence-electron chi connectivity index (χ4n) is 2.19. The normalized spacial score (nSPS) is 16.9. The number of carbonyl (C=O) groups is 2. The fourth-order valence-corrected chi connectivity index (χ4v) is 3.03. The number of nitrogens with one attached hydrogen (secondary N) is 1. The Kier molecular flexibility index (Phi) is 4.85. The lowest BCUT2D eigenvalue weighted by atomic mass is 10.2. The summed E-state index contributed by atoms with van der Waals surface area (Å²) in [6, 6.07) is 13.7. The van der Waals surface area contributed by atoms with Crippen molar-refractivity contribution < 1.29 is 19.4 Å². The van der Waals surface area contributed by atoms with E-state index in [4.69, 9.17) is 4.74 Å². The van der Waals surface area contributed by atoms with Crippen LogP contribution in [-0.2, 0) is 4.79 Å². The van der Waals surface area contributed by atoms with Gasteiger partial charge in [-0.25, -0.2) is 9.79 Å². The maximum absolute atomic E-state index is 12.1. The molecule has 3 rings (SSSR count). The zero-order valence-corrected chi connectivity index (χ0v) is 14.0. The average molecular weight is 354 g/mol. The van der Waals surface area contributed by atoms with E-state index in [2.05, 4.69) is 10.3 Å². The summed E-state index contributed by atoms with van der Waals surface area (Å²) in [5.41, 5.74) is 1.23. The largest absolute Gasteiger partial charge is 0.497 e. The van der Waals surface area contributed by atoms with Gasteiger partial charge in [0.25, 0.3) is 5.91 Å². The smallest absolute Gasteiger partial charge is 0.337 e. The molecule has 0 spiro atoms. The van der Waals surface area contributed by atoms with E-state index >= 15 is 0 Å². The Morgan fingerprint density at radius 3 is 2.60 bits per heavy atom. The lowest BCUT2D eigenvalue weighted by Gasteiger charge is -2.01. The van der Waals surface area contributed by atoms with Gasteiger partial charge in [-0.3, -0.25) is 4.79 Å². The minimum absolute atomic E-state index is 0.0810. The van der Waals surface area contributed by atoms with Crippen molar-refractivity contribution in [3.05, 3.63) is 64.6 Å². The van der Waals surface area contributed by atoms with Crippen LogP contribution in [0.4, 0.5) is 5.69 Å². The molecule has 1 amide bonds. The first kappa shape index (κ1) is 16.8.